The molecule has 1 unspecified atom stereocenters. The van der Waals surface area contributed by atoms with Crippen molar-refractivity contribution in [3.63, 3.8) is 0 Å². The molecule has 1 amide bonds. The van der Waals surface area contributed by atoms with Crippen LogP contribution >= 0.6 is 11.8 Å². The van der Waals surface area contributed by atoms with Crippen molar-refractivity contribution in [3.05, 3.63) is 24.3 Å². The SMILES string of the molecule is CSc1ccc(OC(C)C(=O)N[C@H](C(=O)O)C(C)C)cc1. The Balaban J connectivity index is 2.63. The number of carbonyl (C=O) groups is 2. The number of nitrogens with one attached hydrogen (secondary N) is 1. The highest BCUT2D eigenvalue weighted by molar-refractivity contribution is 7.98. The molecule has 0 fully saturated rings. The summed E-state index contributed by atoms with van der Waals surface area (Å²) in [5, 5.41) is 11.6. The molecule has 0 aliphatic carbocycles. The molecule has 0 spiro atoms. The molecule has 0 saturated carbocycles. The van der Waals surface area contributed by atoms with E-state index in [0.717, 1.165) is 4.90 Å². The van der Waals surface area contributed by atoms with Gasteiger partial charge in [-0.3, -0.25) is 4.79 Å². The molecule has 6 heteroatoms. The van der Waals surface area contributed by atoms with Gasteiger partial charge in [0.05, 0.1) is 0 Å². The van der Waals surface area contributed by atoms with Gasteiger partial charge in [0.1, 0.15) is 11.8 Å². The maximum absolute atomic E-state index is 12.0. The number of carboxylic acid groups (broad SMARTS) is 1. The minimum Gasteiger partial charge on any atom is -0.481 e. The smallest absolute Gasteiger partial charge is 0.326 e. The van der Waals surface area contributed by atoms with Gasteiger partial charge in [0.2, 0.25) is 0 Å². The third-order valence-electron chi connectivity index (χ3n) is 2.97. The highest BCUT2D eigenvalue weighted by Crippen LogP contribution is 2.19. The fourth-order valence-corrected chi connectivity index (χ4v) is 2.10. The fraction of sp³-hybridized carbons (Fsp3) is 0.467. The first kappa shape index (κ1) is 17.4. The lowest BCUT2D eigenvalue weighted by atomic mass is 10.0. The highest BCUT2D eigenvalue weighted by atomic mass is 32.2. The van der Waals surface area contributed by atoms with E-state index in [2.05, 4.69) is 5.32 Å². The molecule has 0 aliphatic rings. The van der Waals surface area contributed by atoms with E-state index < -0.39 is 24.0 Å². The minimum absolute atomic E-state index is 0.195. The Bertz CT molecular complexity index is 487. The van der Waals surface area contributed by atoms with Gasteiger partial charge in [-0.1, -0.05) is 13.8 Å². The molecule has 2 atom stereocenters. The Morgan fingerprint density at radius 1 is 1.19 bits per heavy atom. The number of hydrogen-bond donors (Lipinski definition) is 2. The molecule has 0 aliphatic heterocycles. The largest absolute Gasteiger partial charge is 0.481 e. The number of benzene rings is 1. The van der Waals surface area contributed by atoms with E-state index in [1.165, 1.54) is 0 Å². The van der Waals surface area contributed by atoms with Crippen LogP contribution < -0.4 is 10.1 Å². The molecule has 21 heavy (non-hydrogen) atoms. The van der Waals surface area contributed by atoms with E-state index in [9.17, 15) is 9.59 Å². The molecule has 1 rings (SSSR count). The second-order valence-electron chi connectivity index (χ2n) is 5.00. The predicted molar refractivity (Wildman–Crippen MR) is 82.7 cm³/mol. The zero-order valence-corrected chi connectivity index (χ0v) is 13.4. The summed E-state index contributed by atoms with van der Waals surface area (Å²) in [5.74, 6) is -1.11. The molecule has 1 aromatic carbocycles. The van der Waals surface area contributed by atoms with Crippen LogP contribution in [0.15, 0.2) is 29.2 Å². The summed E-state index contributed by atoms with van der Waals surface area (Å²) in [6, 6.07) is 6.46. The summed E-state index contributed by atoms with van der Waals surface area (Å²) >= 11 is 1.62. The maximum Gasteiger partial charge on any atom is 0.326 e. The highest BCUT2D eigenvalue weighted by Gasteiger charge is 2.26. The van der Waals surface area contributed by atoms with Crippen molar-refractivity contribution >= 4 is 23.6 Å². The number of rotatable bonds is 7. The van der Waals surface area contributed by atoms with Gasteiger partial charge in [-0.05, 0) is 43.4 Å². The van der Waals surface area contributed by atoms with Crippen LogP contribution in [0.5, 0.6) is 5.75 Å². The zero-order chi connectivity index (χ0) is 16.0. The number of carbonyl (C=O) groups excluding carboxylic acids is 1. The number of thioether (sulfide) groups is 1. The first-order valence-electron chi connectivity index (χ1n) is 6.69. The van der Waals surface area contributed by atoms with Crippen molar-refractivity contribution in [2.24, 2.45) is 5.92 Å². The normalized spacial score (nSPS) is 13.6. The van der Waals surface area contributed by atoms with E-state index in [1.807, 2.05) is 18.4 Å². The van der Waals surface area contributed by atoms with Gasteiger partial charge in [-0.25, -0.2) is 4.79 Å². The quantitative estimate of drug-likeness (QED) is 0.756. The van der Waals surface area contributed by atoms with Gasteiger partial charge in [-0.2, -0.15) is 0 Å². The van der Waals surface area contributed by atoms with E-state index in [1.54, 1.807) is 44.7 Å². The summed E-state index contributed by atoms with van der Waals surface area (Å²) in [5.41, 5.74) is 0. The molecule has 2 N–H and O–H groups in total. The van der Waals surface area contributed by atoms with Crippen molar-refractivity contribution < 1.29 is 19.4 Å². The van der Waals surface area contributed by atoms with Crippen molar-refractivity contribution in [2.75, 3.05) is 6.26 Å². The second kappa shape index (κ2) is 7.93. The molecule has 0 heterocycles. The average Bonchev–Trinajstić information content (AvgIpc) is 2.44. The van der Waals surface area contributed by atoms with Crippen LogP contribution in [-0.4, -0.2) is 35.4 Å². The van der Waals surface area contributed by atoms with Crippen LogP contribution in [0.4, 0.5) is 0 Å². The van der Waals surface area contributed by atoms with Gasteiger partial charge < -0.3 is 15.2 Å². The third-order valence-corrected chi connectivity index (χ3v) is 3.72. The molecule has 0 radical (unpaired) electrons. The van der Waals surface area contributed by atoms with Crippen LogP contribution in [0.25, 0.3) is 0 Å². The zero-order valence-electron chi connectivity index (χ0n) is 12.6. The Hall–Kier alpha value is -1.69. The van der Waals surface area contributed by atoms with E-state index in [-0.39, 0.29) is 5.92 Å². The lowest BCUT2D eigenvalue weighted by Crippen LogP contribution is -2.48. The Morgan fingerprint density at radius 2 is 1.76 bits per heavy atom. The van der Waals surface area contributed by atoms with Crippen LogP contribution in [0.3, 0.4) is 0 Å². The van der Waals surface area contributed by atoms with Crippen molar-refractivity contribution in [1.29, 1.82) is 0 Å². The number of amides is 1. The molecule has 0 bridgehead atoms. The van der Waals surface area contributed by atoms with Crippen molar-refractivity contribution in [3.8, 4) is 5.75 Å². The van der Waals surface area contributed by atoms with Crippen molar-refractivity contribution in [2.45, 2.75) is 37.8 Å². The summed E-state index contributed by atoms with van der Waals surface area (Å²) in [4.78, 5) is 24.2. The van der Waals surface area contributed by atoms with Crippen LogP contribution in [-0.2, 0) is 9.59 Å². The maximum atomic E-state index is 12.0. The second-order valence-corrected chi connectivity index (χ2v) is 5.88. The summed E-state index contributed by atoms with van der Waals surface area (Å²) in [6.07, 6.45) is 1.22. The van der Waals surface area contributed by atoms with Gasteiger partial charge in [0, 0.05) is 4.90 Å². The van der Waals surface area contributed by atoms with Gasteiger partial charge in [0.15, 0.2) is 6.10 Å². The average molecular weight is 311 g/mol. The molecule has 5 nitrogen and oxygen atoms in total. The van der Waals surface area contributed by atoms with Crippen molar-refractivity contribution in [1.82, 2.24) is 5.32 Å². The summed E-state index contributed by atoms with van der Waals surface area (Å²) in [7, 11) is 0. The molecular formula is C15H21NO4S. The third kappa shape index (κ3) is 5.30. The topological polar surface area (TPSA) is 75.6 Å². The number of aliphatic carboxylic acids is 1. The van der Waals surface area contributed by atoms with E-state index in [0.29, 0.717) is 5.75 Å². The number of carboxylic acids is 1. The van der Waals surface area contributed by atoms with Crippen LogP contribution in [0.2, 0.25) is 0 Å². The first-order valence-corrected chi connectivity index (χ1v) is 7.91. The molecule has 116 valence electrons. The molecule has 0 saturated heterocycles. The monoisotopic (exact) mass is 311 g/mol. The Kier molecular flexibility index (Phi) is 6.55. The van der Waals surface area contributed by atoms with Gasteiger partial charge >= 0.3 is 5.97 Å². The molecular weight excluding hydrogens is 290 g/mol. The van der Waals surface area contributed by atoms with E-state index >= 15 is 0 Å². The van der Waals surface area contributed by atoms with Gasteiger partial charge in [-0.15, -0.1) is 11.8 Å². The molecule has 1 aromatic rings. The van der Waals surface area contributed by atoms with Crippen LogP contribution in [0.1, 0.15) is 20.8 Å². The van der Waals surface area contributed by atoms with E-state index in [4.69, 9.17) is 9.84 Å². The minimum atomic E-state index is -1.05. The lowest BCUT2D eigenvalue weighted by molar-refractivity contribution is -0.144. The van der Waals surface area contributed by atoms with Crippen LogP contribution in [0, 0.1) is 5.92 Å². The van der Waals surface area contributed by atoms with Gasteiger partial charge in [0.25, 0.3) is 5.91 Å². The Morgan fingerprint density at radius 3 is 2.19 bits per heavy atom. The summed E-state index contributed by atoms with van der Waals surface area (Å²) in [6.45, 7) is 5.08. The Labute approximate surface area is 129 Å². The fourth-order valence-electron chi connectivity index (χ4n) is 1.70. The number of ether oxygens (including phenoxy) is 1. The lowest BCUT2D eigenvalue weighted by Gasteiger charge is -2.21. The first-order chi connectivity index (χ1) is 9.85. The molecule has 0 aromatic heterocycles. The summed E-state index contributed by atoms with van der Waals surface area (Å²) < 4.78 is 5.52. The standard InChI is InChI=1S/C15H21NO4S/c1-9(2)13(15(18)19)16-14(17)10(3)20-11-5-7-12(21-4)8-6-11/h5-10,13H,1-4H3,(H,16,17)(H,18,19)/t10?,13-/m0/s1. The predicted octanol–water partition coefficient (Wildman–Crippen LogP) is 2.40. The number of hydrogen-bond acceptors (Lipinski definition) is 4.